The van der Waals surface area contributed by atoms with E-state index in [1.54, 1.807) is 16.7 Å². The Morgan fingerprint density at radius 1 is 1.36 bits per heavy atom. The Bertz CT molecular complexity index is 760. The average Bonchev–Trinajstić information content (AvgIpc) is 3.22. The van der Waals surface area contributed by atoms with Crippen LogP contribution < -0.4 is 10.2 Å². The van der Waals surface area contributed by atoms with Crippen LogP contribution in [0.15, 0.2) is 33.6 Å². The van der Waals surface area contributed by atoms with E-state index in [-0.39, 0.29) is 23.7 Å². The van der Waals surface area contributed by atoms with Crippen molar-refractivity contribution in [2.45, 2.75) is 37.0 Å². The van der Waals surface area contributed by atoms with Crippen LogP contribution in [0.2, 0.25) is 0 Å². The van der Waals surface area contributed by atoms with Crippen molar-refractivity contribution in [2.24, 2.45) is 0 Å². The first kappa shape index (κ1) is 17.5. The number of amides is 2. The SMILES string of the molecule is CCCC(=O)Nc1nnc([C@@H]2CC(=O)N(c3ccc(SC)cc3)C2)o1. The molecule has 0 unspecified atom stereocenters. The summed E-state index contributed by atoms with van der Waals surface area (Å²) in [7, 11) is 0. The lowest BCUT2D eigenvalue weighted by molar-refractivity contribution is -0.117. The fourth-order valence-electron chi connectivity index (χ4n) is 2.74. The van der Waals surface area contributed by atoms with E-state index in [1.165, 1.54) is 0 Å². The fourth-order valence-corrected chi connectivity index (χ4v) is 3.15. The van der Waals surface area contributed by atoms with Gasteiger partial charge in [0.25, 0.3) is 0 Å². The normalized spacial score (nSPS) is 17.1. The molecule has 1 atom stereocenters. The molecule has 1 N–H and O–H groups in total. The number of hydrogen-bond acceptors (Lipinski definition) is 6. The molecule has 0 aliphatic carbocycles. The van der Waals surface area contributed by atoms with Gasteiger partial charge in [0.2, 0.25) is 17.7 Å². The van der Waals surface area contributed by atoms with Crippen molar-refractivity contribution < 1.29 is 14.0 Å². The van der Waals surface area contributed by atoms with E-state index in [1.807, 2.05) is 37.4 Å². The summed E-state index contributed by atoms with van der Waals surface area (Å²) < 4.78 is 5.52. The van der Waals surface area contributed by atoms with Crippen LogP contribution in [-0.4, -0.2) is 34.8 Å². The molecule has 0 spiro atoms. The highest BCUT2D eigenvalue weighted by atomic mass is 32.2. The molecule has 1 saturated heterocycles. The van der Waals surface area contributed by atoms with Gasteiger partial charge in [0.1, 0.15) is 0 Å². The van der Waals surface area contributed by atoms with Crippen LogP contribution in [0.3, 0.4) is 0 Å². The lowest BCUT2D eigenvalue weighted by Gasteiger charge is -2.16. The topological polar surface area (TPSA) is 88.3 Å². The Morgan fingerprint density at radius 2 is 2.12 bits per heavy atom. The molecule has 3 rings (SSSR count). The molecule has 0 bridgehead atoms. The predicted molar refractivity (Wildman–Crippen MR) is 95.8 cm³/mol. The summed E-state index contributed by atoms with van der Waals surface area (Å²) in [6.07, 6.45) is 3.47. The Labute approximate surface area is 150 Å². The number of rotatable bonds is 6. The minimum atomic E-state index is -0.169. The van der Waals surface area contributed by atoms with Crippen molar-refractivity contribution in [1.29, 1.82) is 0 Å². The number of thioether (sulfide) groups is 1. The maximum absolute atomic E-state index is 12.3. The molecule has 0 radical (unpaired) electrons. The first-order valence-corrected chi connectivity index (χ1v) is 9.41. The lowest BCUT2D eigenvalue weighted by Crippen LogP contribution is -2.24. The lowest BCUT2D eigenvalue weighted by atomic mass is 10.1. The molecule has 1 aliphatic rings. The summed E-state index contributed by atoms with van der Waals surface area (Å²) >= 11 is 1.66. The molecule has 1 aromatic heterocycles. The smallest absolute Gasteiger partial charge is 0.322 e. The van der Waals surface area contributed by atoms with Crippen molar-refractivity contribution in [1.82, 2.24) is 10.2 Å². The van der Waals surface area contributed by atoms with Gasteiger partial charge in [-0.1, -0.05) is 12.0 Å². The molecular weight excluding hydrogens is 340 g/mol. The highest BCUT2D eigenvalue weighted by Gasteiger charge is 2.35. The van der Waals surface area contributed by atoms with E-state index in [4.69, 9.17) is 4.42 Å². The zero-order valence-corrected chi connectivity index (χ0v) is 15.0. The van der Waals surface area contributed by atoms with Gasteiger partial charge in [0.15, 0.2) is 0 Å². The van der Waals surface area contributed by atoms with E-state index in [9.17, 15) is 9.59 Å². The van der Waals surface area contributed by atoms with Gasteiger partial charge in [0.05, 0.1) is 5.92 Å². The molecular formula is C17H20N4O3S. The van der Waals surface area contributed by atoms with Crippen LogP contribution >= 0.6 is 11.8 Å². The van der Waals surface area contributed by atoms with Gasteiger partial charge in [-0.15, -0.1) is 16.9 Å². The van der Waals surface area contributed by atoms with Gasteiger partial charge in [-0.2, -0.15) is 0 Å². The van der Waals surface area contributed by atoms with Crippen LogP contribution in [0.25, 0.3) is 0 Å². The predicted octanol–water partition coefficient (Wildman–Crippen LogP) is 3.05. The molecule has 1 aliphatic heterocycles. The number of anilines is 2. The molecule has 2 amide bonds. The third-order valence-electron chi connectivity index (χ3n) is 4.02. The highest BCUT2D eigenvalue weighted by Crippen LogP contribution is 2.32. The Morgan fingerprint density at radius 3 is 2.80 bits per heavy atom. The summed E-state index contributed by atoms with van der Waals surface area (Å²) in [5, 5.41) is 10.4. The molecule has 1 aromatic carbocycles. The Balaban J connectivity index is 1.67. The maximum Gasteiger partial charge on any atom is 0.322 e. The average molecular weight is 360 g/mol. The summed E-state index contributed by atoms with van der Waals surface area (Å²) in [6.45, 7) is 2.41. The molecule has 8 heteroatoms. The molecule has 0 saturated carbocycles. The van der Waals surface area contributed by atoms with Gasteiger partial charge < -0.3 is 9.32 Å². The van der Waals surface area contributed by atoms with Gasteiger partial charge in [-0.05, 0) is 36.9 Å². The van der Waals surface area contributed by atoms with Crippen molar-refractivity contribution in [3.63, 3.8) is 0 Å². The second kappa shape index (κ2) is 7.69. The molecule has 1 fully saturated rings. The largest absolute Gasteiger partial charge is 0.407 e. The first-order chi connectivity index (χ1) is 12.1. The number of carbonyl (C=O) groups excluding carboxylic acids is 2. The van der Waals surface area contributed by atoms with E-state index in [0.29, 0.717) is 25.3 Å². The quantitative estimate of drug-likeness (QED) is 0.797. The minimum absolute atomic E-state index is 0.0247. The number of benzene rings is 1. The first-order valence-electron chi connectivity index (χ1n) is 8.18. The van der Waals surface area contributed by atoms with Gasteiger partial charge in [-0.25, -0.2) is 0 Å². The highest BCUT2D eigenvalue weighted by molar-refractivity contribution is 7.98. The maximum atomic E-state index is 12.3. The van der Waals surface area contributed by atoms with Crippen LogP contribution in [0, 0.1) is 0 Å². The van der Waals surface area contributed by atoms with Crippen molar-refractivity contribution in [2.75, 3.05) is 23.0 Å². The number of nitrogens with zero attached hydrogens (tertiary/aromatic N) is 3. The summed E-state index contributed by atoms with van der Waals surface area (Å²) in [5.74, 6) is 0.0767. The van der Waals surface area contributed by atoms with Crippen molar-refractivity contribution in [3.8, 4) is 0 Å². The van der Waals surface area contributed by atoms with E-state index in [2.05, 4.69) is 15.5 Å². The second-order valence-corrected chi connectivity index (χ2v) is 6.73. The standard InChI is InChI=1S/C17H20N4O3S/c1-3-4-14(22)18-17-20-19-16(24-17)11-9-15(23)21(10-11)12-5-7-13(25-2)8-6-12/h5-8,11H,3-4,9-10H2,1-2H3,(H,18,20,22)/t11-/m1/s1. The molecule has 7 nitrogen and oxygen atoms in total. The molecule has 25 heavy (non-hydrogen) atoms. The monoisotopic (exact) mass is 360 g/mol. The van der Waals surface area contributed by atoms with Crippen LogP contribution in [0.1, 0.15) is 38.0 Å². The minimum Gasteiger partial charge on any atom is -0.407 e. The van der Waals surface area contributed by atoms with E-state index >= 15 is 0 Å². The van der Waals surface area contributed by atoms with E-state index < -0.39 is 0 Å². The Hall–Kier alpha value is -2.35. The number of aromatic nitrogens is 2. The second-order valence-electron chi connectivity index (χ2n) is 5.85. The van der Waals surface area contributed by atoms with E-state index in [0.717, 1.165) is 17.0 Å². The summed E-state index contributed by atoms with van der Waals surface area (Å²) in [5.41, 5.74) is 0.862. The van der Waals surface area contributed by atoms with Crippen LogP contribution in [-0.2, 0) is 9.59 Å². The molecule has 2 aromatic rings. The summed E-state index contributed by atoms with van der Waals surface area (Å²) in [6, 6.07) is 7.96. The number of nitrogens with one attached hydrogen (secondary N) is 1. The Kier molecular flexibility index (Phi) is 5.37. The summed E-state index contributed by atoms with van der Waals surface area (Å²) in [4.78, 5) is 26.8. The fraction of sp³-hybridized carbons (Fsp3) is 0.412. The van der Waals surface area contributed by atoms with Gasteiger partial charge in [-0.3, -0.25) is 14.9 Å². The third-order valence-corrected chi connectivity index (χ3v) is 4.77. The zero-order valence-electron chi connectivity index (χ0n) is 14.2. The van der Waals surface area contributed by atoms with Crippen molar-refractivity contribution >= 4 is 35.3 Å². The number of carbonyl (C=O) groups is 2. The number of hydrogen-bond donors (Lipinski definition) is 1. The molecule has 132 valence electrons. The van der Waals surface area contributed by atoms with Gasteiger partial charge >= 0.3 is 6.01 Å². The van der Waals surface area contributed by atoms with Crippen LogP contribution in [0.5, 0.6) is 0 Å². The molecule has 2 heterocycles. The zero-order chi connectivity index (χ0) is 17.8. The third kappa shape index (κ3) is 4.01. The van der Waals surface area contributed by atoms with Crippen LogP contribution in [0.4, 0.5) is 11.7 Å². The van der Waals surface area contributed by atoms with Gasteiger partial charge in [0, 0.05) is 30.0 Å². The van der Waals surface area contributed by atoms with Crippen molar-refractivity contribution in [3.05, 3.63) is 30.2 Å².